The number of aliphatic hydroxyl groups excluding tert-OH is 3. The standard InChI is InChI=1S/C6H12O5/c1-10-6-5(9)4(8)3(2-7)11-6/h3-9H,2H2,1H3/t3-,4+,5+,6+/m1/s1. The molecule has 1 rings (SSSR count). The van der Waals surface area contributed by atoms with Crippen LogP contribution in [0.4, 0.5) is 0 Å². The first-order valence-electron chi connectivity index (χ1n) is 3.36. The van der Waals surface area contributed by atoms with Gasteiger partial charge in [0.1, 0.15) is 18.3 Å². The Hall–Kier alpha value is -0.200. The summed E-state index contributed by atoms with van der Waals surface area (Å²) in [5.41, 5.74) is 0. The van der Waals surface area contributed by atoms with Gasteiger partial charge in [-0.1, -0.05) is 0 Å². The first-order chi connectivity index (χ1) is 5.20. The molecule has 0 aromatic rings. The predicted molar refractivity (Wildman–Crippen MR) is 34.8 cm³/mol. The van der Waals surface area contributed by atoms with Gasteiger partial charge in [0.05, 0.1) is 6.61 Å². The SMILES string of the molecule is CO[C@H]1O[C@H](CO)[C@H](O)[C@@H]1O. The van der Waals surface area contributed by atoms with Gasteiger partial charge in [0, 0.05) is 7.11 Å². The summed E-state index contributed by atoms with van der Waals surface area (Å²) in [7, 11) is 1.36. The molecule has 0 saturated carbocycles. The fourth-order valence-electron chi connectivity index (χ4n) is 1.06. The molecule has 4 atom stereocenters. The van der Waals surface area contributed by atoms with E-state index in [0.717, 1.165) is 0 Å². The van der Waals surface area contributed by atoms with Gasteiger partial charge >= 0.3 is 0 Å². The van der Waals surface area contributed by atoms with Crippen LogP contribution in [-0.4, -0.2) is 53.6 Å². The summed E-state index contributed by atoms with van der Waals surface area (Å²) in [6.07, 6.45) is -3.71. The average Bonchev–Trinajstić information content (AvgIpc) is 2.30. The van der Waals surface area contributed by atoms with Gasteiger partial charge in [-0.05, 0) is 0 Å². The van der Waals surface area contributed by atoms with Gasteiger partial charge in [-0.3, -0.25) is 0 Å². The molecule has 3 N–H and O–H groups in total. The summed E-state index contributed by atoms with van der Waals surface area (Å²) < 4.78 is 9.59. The van der Waals surface area contributed by atoms with Crippen LogP contribution in [0.15, 0.2) is 0 Å². The lowest BCUT2D eigenvalue weighted by molar-refractivity contribution is -0.153. The topological polar surface area (TPSA) is 79.2 Å². The average molecular weight is 164 g/mol. The molecule has 0 spiro atoms. The summed E-state index contributed by atoms with van der Waals surface area (Å²) in [5, 5.41) is 26.9. The second kappa shape index (κ2) is 3.46. The van der Waals surface area contributed by atoms with E-state index in [1.54, 1.807) is 0 Å². The number of ether oxygens (including phenoxy) is 2. The van der Waals surface area contributed by atoms with Crippen molar-refractivity contribution in [2.24, 2.45) is 0 Å². The molecule has 0 radical (unpaired) electrons. The Balaban J connectivity index is 2.53. The summed E-state index contributed by atoms with van der Waals surface area (Å²) in [5.74, 6) is 0. The van der Waals surface area contributed by atoms with E-state index in [2.05, 4.69) is 4.74 Å². The van der Waals surface area contributed by atoms with Crippen LogP contribution in [-0.2, 0) is 9.47 Å². The number of aliphatic hydroxyl groups is 3. The highest BCUT2D eigenvalue weighted by Gasteiger charge is 2.42. The molecule has 1 aliphatic rings. The van der Waals surface area contributed by atoms with Gasteiger partial charge in [-0.25, -0.2) is 0 Å². The summed E-state index contributed by atoms with van der Waals surface area (Å²) in [4.78, 5) is 0. The van der Waals surface area contributed by atoms with E-state index in [1.165, 1.54) is 7.11 Å². The monoisotopic (exact) mass is 164 g/mol. The van der Waals surface area contributed by atoms with Crippen LogP contribution in [0.3, 0.4) is 0 Å². The summed E-state index contributed by atoms with van der Waals surface area (Å²) >= 11 is 0. The second-order valence-corrected chi connectivity index (χ2v) is 2.44. The van der Waals surface area contributed by atoms with Gasteiger partial charge in [-0.2, -0.15) is 0 Å². The van der Waals surface area contributed by atoms with E-state index in [-0.39, 0.29) is 6.61 Å². The maximum Gasteiger partial charge on any atom is 0.186 e. The second-order valence-electron chi connectivity index (χ2n) is 2.44. The van der Waals surface area contributed by atoms with E-state index >= 15 is 0 Å². The van der Waals surface area contributed by atoms with Gasteiger partial charge in [-0.15, -0.1) is 0 Å². The molecular weight excluding hydrogens is 152 g/mol. The van der Waals surface area contributed by atoms with Crippen LogP contribution in [0.1, 0.15) is 0 Å². The molecule has 0 bridgehead atoms. The van der Waals surface area contributed by atoms with Crippen molar-refractivity contribution in [2.45, 2.75) is 24.6 Å². The number of hydrogen-bond donors (Lipinski definition) is 3. The van der Waals surface area contributed by atoms with Crippen LogP contribution >= 0.6 is 0 Å². The van der Waals surface area contributed by atoms with Crippen LogP contribution in [0, 0.1) is 0 Å². The Morgan fingerprint density at radius 2 is 2.00 bits per heavy atom. The lowest BCUT2D eigenvalue weighted by Gasteiger charge is -2.11. The Kier molecular flexibility index (Phi) is 2.80. The Bertz CT molecular complexity index is 110. The van der Waals surface area contributed by atoms with Crippen molar-refractivity contribution in [2.75, 3.05) is 13.7 Å². The van der Waals surface area contributed by atoms with Crippen molar-refractivity contribution in [3.05, 3.63) is 0 Å². The molecule has 0 amide bonds. The minimum absolute atomic E-state index is 0.321. The highest BCUT2D eigenvalue weighted by molar-refractivity contribution is 4.85. The quantitative estimate of drug-likeness (QED) is 0.443. The van der Waals surface area contributed by atoms with E-state index in [4.69, 9.17) is 20.1 Å². The Morgan fingerprint density at radius 3 is 2.27 bits per heavy atom. The lowest BCUT2D eigenvalue weighted by atomic mass is 10.1. The zero-order chi connectivity index (χ0) is 8.43. The first-order valence-corrected chi connectivity index (χ1v) is 3.36. The molecule has 0 aromatic carbocycles. The largest absolute Gasteiger partial charge is 0.394 e. The van der Waals surface area contributed by atoms with Crippen LogP contribution in [0.2, 0.25) is 0 Å². The molecule has 1 fully saturated rings. The van der Waals surface area contributed by atoms with Crippen molar-refractivity contribution in [1.29, 1.82) is 0 Å². The molecule has 5 heteroatoms. The molecule has 1 aliphatic heterocycles. The molecule has 5 nitrogen and oxygen atoms in total. The number of methoxy groups -OCH3 is 1. The third-order valence-corrected chi connectivity index (χ3v) is 1.73. The van der Waals surface area contributed by atoms with E-state index < -0.39 is 24.6 Å². The molecule has 11 heavy (non-hydrogen) atoms. The zero-order valence-electron chi connectivity index (χ0n) is 6.17. The summed E-state index contributed by atoms with van der Waals surface area (Å²) in [6, 6.07) is 0. The van der Waals surface area contributed by atoms with Crippen molar-refractivity contribution in [3.8, 4) is 0 Å². The van der Waals surface area contributed by atoms with E-state index in [9.17, 15) is 0 Å². The first kappa shape index (κ1) is 8.89. The van der Waals surface area contributed by atoms with Crippen molar-refractivity contribution >= 4 is 0 Å². The zero-order valence-corrected chi connectivity index (χ0v) is 6.17. The van der Waals surface area contributed by atoms with Crippen LogP contribution < -0.4 is 0 Å². The number of rotatable bonds is 2. The highest BCUT2D eigenvalue weighted by Crippen LogP contribution is 2.20. The fourth-order valence-corrected chi connectivity index (χ4v) is 1.06. The maximum atomic E-state index is 9.15. The number of hydrogen-bond acceptors (Lipinski definition) is 5. The van der Waals surface area contributed by atoms with Gasteiger partial charge in [0.25, 0.3) is 0 Å². The van der Waals surface area contributed by atoms with Crippen molar-refractivity contribution in [1.82, 2.24) is 0 Å². The maximum absolute atomic E-state index is 9.15. The van der Waals surface area contributed by atoms with Crippen LogP contribution in [0.5, 0.6) is 0 Å². The third kappa shape index (κ3) is 1.52. The van der Waals surface area contributed by atoms with Gasteiger partial charge in [0.2, 0.25) is 0 Å². The Labute approximate surface area is 64.2 Å². The molecular formula is C6H12O5. The van der Waals surface area contributed by atoms with E-state index in [0.29, 0.717) is 0 Å². The molecule has 1 saturated heterocycles. The van der Waals surface area contributed by atoms with Gasteiger partial charge in [0.15, 0.2) is 6.29 Å². The van der Waals surface area contributed by atoms with E-state index in [1.807, 2.05) is 0 Å². The molecule has 0 aromatic heterocycles. The van der Waals surface area contributed by atoms with Crippen LogP contribution in [0.25, 0.3) is 0 Å². The fraction of sp³-hybridized carbons (Fsp3) is 1.00. The minimum atomic E-state index is -1.07. The lowest BCUT2D eigenvalue weighted by Crippen LogP contribution is -2.34. The molecule has 0 unspecified atom stereocenters. The molecule has 0 aliphatic carbocycles. The summed E-state index contributed by atoms with van der Waals surface area (Å²) in [6.45, 7) is -0.321. The highest BCUT2D eigenvalue weighted by atomic mass is 16.7. The van der Waals surface area contributed by atoms with Gasteiger partial charge < -0.3 is 24.8 Å². The molecule has 1 heterocycles. The van der Waals surface area contributed by atoms with Crippen molar-refractivity contribution < 1.29 is 24.8 Å². The Morgan fingerprint density at radius 1 is 1.36 bits per heavy atom. The third-order valence-electron chi connectivity index (χ3n) is 1.73. The minimum Gasteiger partial charge on any atom is -0.394 e. The molecule has 66 valence electrons. The normalized spacial score (nSPS) is 44.7. The predicted octanol–water partition coefficient (Wildman–Crippen LogP) is -1.93. The van der Waals surface area contributed by atoms with Crippen molar-refractivity contribution in [3.63, 3.8) is 0 Å². The smallest absolute Gasteiger partial charge is 0.186 e.